The van der Waals surface area contributed by atoms with Crippen molar-refractivity contribution in [1.82, 2.24) is 5.32 Å². The maximum atomic E-state index is 12.0. The number of carbonyl (C=O) groups excluding carboxylic acids is 1. The van der Waals surface area contributed by atoms with Gasteiger partial charge in [-0.05, 0) is 31.6 Å². The number of nitrogens with one attached hydrogen (secondary N) is 1. The Morgan fingerprint density at radius 3 is 2.61 bits per heavy atom. The summed E-state index contributed by atoms with van der Waals surface area (Å²) in [6.07, 6.45) is 2.43. The number of sulfone groups is 1. The van der Waals surface area contributed by atoms with Gasteiger partial charge in [0.1, 0.15) is 5.41 Å². The Kier molecular flexibility index (Phi) is 3.37. The fourth-order valence-electron chi connectivity index (χ4n) is 2.92. The van der Waals surface area contributed by atoms with Gasteiger partial charge < -0.3 is 5.32 Å². The predicted octanol–water partition coefficient (Wildman–Crippen LogP) is 0.620. The van der Waals surface area contributed by atoms with Gasteiger partial charge in [0.25, 0.3) is 0 Å². The SMILES string of the molecule is CC1CC(C#N)(C(=O)NCC2CCCS2(=O)=O)C1. The van der Waals surface area contributed by atoms with Crippen molar-refractivity contribution in [3.8, 4) is 6.07 Å². The standard InChI is InChI=1S/C12H18N2O3S/c1-9-5-12(6-9,8-13)11(15)14-7-10-3-2-4-18(10,16)17/h9-10H,2-7H2,1H3,(H,14,15). The van der Waals surface area contributed by atoms with Crippen molar-refractivity contribution in [3.05, 3.63) is 0 Å². The third kappa shape index (κ3) is 2.24. The minimum atomic E-state index is -3.03. The van der Waals surface area contributed by atoms with Crippen LogP contribution < -0.4 is 5.32 Å². The summed E-state index contributed by atoms with van der Waals surface area (Å²) in [7, 11) is -3.03. The maximum Gasteiger partial charge on any atom is 0.240 e. The Morgan fingerprint density at radius 2 is 2.17 bits per heavy atom. The molecule has 0 aromatic carbocycles. The molecule has 1 atom stereocenters. The van der Waals surface area contributed by atoms with Crippen LogP contribution in [-0.4, -0.2) is 31.9 Å². The third-order valence-electron chi connectivity index (χ3n) is 4.00. The molecule has 1 saturated heterocycles. The highest BCUT2D eigenvalue weighted by Crippen LogP contribution is 2.45. The fraction of sp³-hybridized carbons (Fsp3) is 0.833. The highest BCUT2D eigenvalue weighted by molar-refractivity contribution is 7.92. The molecule has 1 N–H and O–H groups in total. The molecule has 1 amide bonds. The molecular weight excluding hydrogens is 252 g/mol. The number of nitriles is 1. The van der Waals surface area contributed by atoms with E-state index in [2.05, 4.69) is 11.4 Å². The molecular formula is C12H18N2O3S. The highest BCUT2D eigenvalue weighted by atomic mass is 32.2. The molecule has 1 aliphatic heterocycles. The van der Waals surface area contributed by atoms with Gasteiger partial charge in [-0.15, -0.1) is 0 Å². The summed E-state index contributed by atoms with van der Waals surface area (Å²) in [5, 5.41) is 11.3. The molecule has 2 fully saturated rings. The number of rotatable bonds is 3. The fourth-order valence-corrected chi connectivity index (χ4v) is 4.69. The lowest BCUT2D eigenvalue weighted by Crippen LogP contribution is -2.50. The Labute approximate surface area is 107 Å². The van der Waals surface area contributed by atoms with E-state index in [1.807, 2.05) is 6.92 Å². The summed E-state index contributed by atoms with van der Waals surface area (Å²) in [5.74, 6) is 0.310. The second-order valence-corrected chi connectivity index (χ2v) is 7.95. The van der Waals surface area contributed by atoms with Gasteiger partial charge in [-0.2, -0.15) is 5.26 Å². The van der Waals surface area contributed by atoms with Crippen LogP contribution in [0.1, 0.15) is 32.6 Å². The van der Waals surface area contributed by atoms with Crippen LogP contribution >= 0.6 is 0 Å². The van der Waals surface area contributed by atoms with Crippen molar-refractivity contribution < 1.29 is 13.2 Å². The van der Waals surface area contributed by atoms with Crippen LogP contribution in [0, 0.1) is 22.7 Å². The molecule has 1 aliphatic carbocycles. The summed E-state index contributed by atoms with van der Waals surface area (Å²) in [6, 6.07) is 2.08. The molecule has 0 radical (unpaired) electrons. The van der Waals surface area contributed by atoms with E-state index >= 15 is 0 Å². The second kappa shape index (κ2) is 4.54. The first-order chi connectivity index (χ1) is 8.39. The Bertz CT molecular complexity index is 486. The van der Waals surface area contributed by atoms with Crippen molar-refractivity contribution >= 4 is 15.7 Å². The van der Waals surface area contributed by atoms with Gasteiger partial charge in [0, 0.05) is 6.54 Å². The van der Waals surface area contributed by atoms with E-state index in [1.165, 1.54) is 0 Å². The molecule has 18 heavy (non-hydrogen) atoms. The third-order valence-corrected chi connectivity index (χ3v) is 6.27. The van der Waals surface area contributed by atoms with E-state index in [-0.39, 0.29) is 18.2 Å². The van der Waals surface area contributed by atoms with E-state index in [1.54, 1.807) is 0 Å². The maximum absolute atomic E-state index is 12.0. The molecule has 0 aromatic rings. The van der Waals surface area contributed by atoms with Gasteiger partial charge >= 0.3 is 0 Å². The van der Waals surface area contributed by atoms with Gasteiger partial charge in [-0.1, -0.05) is 6.92 Å². The van der Waals surface area contributed by atoms with Crippen molar-refractivity contribution in [2.45, 2.75) is 37.9 Å². The Morgan fingerprint density at radius 1 is 1.50 bits per heavy atom. The smallest absolute Gasteiger partial charge is 0.240 e. The minimum absolute atomic E-state index is 0.152. The molecule has 100 valence electrons. The van der Waals surface area contributed by atoms with Crippen molar-refractivity contribution in [2.24, 2.45) is 11.3 Å². The molecule has 0 aromatic heterocycles. The van der Waals surface area contributed by atoms with Crippen LogP contribution in [0.15, 0.2) is 0 Å². The molecule has 1 saturated carbocycles. The van der Waals surface area contributed by atoms with Crippen LogP contribution in [0.3, 0.4) is 0 Å². The first-order valence-corrected chi connectivity index (χ1v) is 8.02. The molecule has 0 bridgehead atoms. The molecule has 0 spiro atoms. The van der Waals surface area contributed by atoms with E-state index in [0.29, 0.717) is 31.6 Å². The lowest BCUT2D eigenvalue weighted by molar-refractivity contribution is -0.133. The van der Waals surface area contributed by atoms with Gasteiger partial charge in [-0.25, -0.2) is 8.42 Å². The molecule has 2 aliphatic rings. The van der Waals surface area contributed by atoms with Crippen LogP contribution in [0.4, 0.5) is 0 Å². The highest BCUT2D eigenvalue weighted by Gasteiger charge is 2.49. The van der Waals surface area contributed by atoms with Crippen molar-refractivity contribution in [2.75, 3.05) is 12.3 Å². The molecule has 5 nitrogen and oxygen atoms in total. The monoisotopic (exact) mass is 270 g/mol. The lowest BCUT2D eigenvalue weighted by atomic mass is 9.63. The summed E-state index contributed by atoms with van der Waals surface area (Å²) < 4.78 is 23.2. The van der Waals surface area contributed by atoms with E-state index in [9.17, 15) is 13.2 Å². The van der Waals surface area contributed by atoms with Gasteiger partial charge in [0.05, 0.1) is 17.1 Å². The van der Waals surface area contributed by atoms with Crippen LogP contribution in [0.5, 0.6) is 0 Å². The first-order valence-electron chi connectivity index (χ1n) is 6.31. The Balaban J connectivity index is 1.91. The first kappa shape index (κ1) is 13.3. The number of amides is 1. The van der Waals surface area contributed by atoms with Crippen molar-refractivity contribution in [1.29, 1.82) is 5.26 Å². The zero-order valence-electron chi connectivity index (χ0n) is 10.5. The van der Waals surface area contributed by atoms with Gasteiger partial charge in [-0.3, -0.25) is 4.79 Å². The molecule has 1 unspecified atom stereocenters. The zero-order valence-corrected chi connectivity index (χ0v) is 11.3. The summed E-state index contributed by atoms with van der Waals surface area (Å²) in [4.78, 5) is 12.0. The quantitative estimate of drug-likeness (QED) is 0.814. The topological polar surface area (TPSA) is 87.0 Å². The van der Waals surface area contributed by atoms with Gasteiger partial charge in [0.15, 0.2) is 9.84 Å². The van der Waals surface area contributed by atoms with Crippen LogP contribution in [-0.2, 0) is 14.6 Å². The number of hydrogen-bond donors (Lipinski definition) is 1. The number of carbonyl (C=O) groups is 1. The van der Waals surface area contributed by atoms with Crippen molar-refractivity contribution in [3.63, 3.8) is 0 Å². The number of hydrogen-bond acceptors (Lipinski definition) is 4. The largest absolute Gasteiger partial charge is 0.353 e. The average Bonchev–Trinajstić information content (AvgIpc) is 2.60. The van der Waals surface area contributed by atoms with E-state index in [4.69, 9.17) is 5.26 Å². The normalized spacial score (nSPS) is 37.6. The second-order valence-electron chi connectivity index (χ2n) is 5.55. The van der Waals surface area contributed by atoms with E-state index in [0.717, 1.165) is 0 Å². The van der Waals surface area contributed by atoms with Crippen LogP contribution in [0.2, 0.25) is 0 Å². The summed E-state index contributed by atoms with van der Waals surface area (Å²) in [5.41, 5.74) is -0.915. The summed E-state index contributed by atoms with van der Waals surface area (Å²) >= 11 is 0. The summed E-state index contributed by atoms with van der Waals surface area (Å²) in [6.45, 7) is 2.16. The zero-order chi connectivity index (χ0) is 13.4. The molecule has 2 rings (SSSR count). The minimum Gasteiger partial charge on any atom is -0.353 e. The number of nitrogens with zero attached hydrogens (tertiary/aromatic N) is 1. The predicted molar refractivity (Wildman–Crippen MR) is 66.3 cm³/mol. The van der Waals surface area contributed by atoms with Gasteiger partial charge in [0.2, 0.25) is 5.91 Å². The average molecular weight is 270 g/mol. The molecule has 6 heteroatoms. The van der Waals surface area contributed by atoms with E-state index < -0.39 is 20.5 Å². The molecule has 1 heterocycles. The lowest BCUT2D eigenvalue weighted by Gasteiger charge is -2.39. The Hall–Kier alpha value is -1.09. The van der Waals surface area contributed by atoms with Crippen LogP contribution in [0.25, 0.3) is 0 Å².